The third-order valence-corrected chi connectivity index (χ3v) is 5.87. The number of hydrogen-bond donors (Lipinski definition) is 2. The minimum absolute atomic E-state index is 0. The molecule has 2 rings (SSSR count). The average molecular weight is 362 g/mol. The topological polar surface area (TPSA) is 78.5 Å². The van der Waals surface area contributed by atoms with E-state index in [1.165, 1.54) is 4.31 Å². The fraction of sp³-hybridized carbons (Fsp3) is 0.917. The van der Waals surface area contributed by atoms with Crippen LogP contribution in [0.4, 0.5) is 8.78 Å². The van der Waals surface area contributed by atoms with Crippen molar-refractivity contribution < 1.29 is 22.0 Å². The fourth-order valence-electron chi connectivity index (χ4n) is 2.66. The van der Waals surface area contributed by atoms with Crippen LogP contribution in [0.5, 0.6) is 0 Å². The smallest absolute Gasteiger partial charge is 0.262 e. The van der Waals surface area contributed by atoms with Crippen molar-refractivity contribution in [1.29, 1.82) is 0 Å². The number of hydrogen-bond acceptors (Lipinski definition) is 4. The number of amides is 1. The summed E-state index contributed by atoms with van der Waals surface area (Å²) in [6.45, 7) is 1.83. The predicted octanol–water partition coefficient (Wildman–Crippen LogP) is 0.336. The highest BCUT2D eigenvalue weighted by molar-refractivity contribution is 7.89. The highest BCUT2D eigenvalue weighted by Crippen LogP contribution is 2.25. The maximum Gasteiger partial charge on any atom is 0.262 e. The zero-order chi connectivity index (χ0) is 15.7. The van der Waals surface area contributed by atoms with Crippen LogP contribution in [0.3, 0.4) is 0 Å². The number of carbonyl (C=O) groups excluding carboxylic acids is 1. The Morgan fingerprint density at radius 3 is 2.41 bits per heavy atom. The van der Waals surface area contributed by atoms with Crippen molar-refractivity contribution in [3.05, 3.63) is 0 Å². The standard InChI is InChI=1S/C12H21F2N3O3S.ClH/c1-2-21(19,20)17-5-3-9(4-6-17)16-11(18)10-7-12(13,14)8-15-10;/h9-10,15H,2-8H2,1H3,(H,16,18);1H. The summed E-state index contributed by atoms with van der Waals surface area (Å²) in [5, 5.41) is 5.24. The summed E-state index contributed by atoms with van der Waals surface area (Å²) in [5.41, 5.74) is 0. The summed E-state index contributed by atoms with van der Waals surface area (Å²) in [4.78, 5) is 11.9. The molecule has 0 aliphatic carbocycles. The first kappa shape index (κ1) is 19.5. The molecule has 0 bridgehead atoms. The van der Waals surface area contributed by atoms with Gasteiger partial charge in [0.25, 0.3) is 5.92 Å². The molecule has 0 aromatic heterocycles. The van der Waals surface area contributed by atoms with E-state index in [9.17, 15) is 22.0 Å². The monoisotopic (exact) mass is 361 g/mol. The molecular weight excluding hydrogens is 340 g/mol. The van der Waals surface area contributed by atoms with Gasteiger partial charge in [-0.3, -0.25) is 10.1 Å². The molecule has 6 nitrogen and oxygen atoms in total. The van der Waals surface area contributed by atoms with Gasteiger partial charge in [-0.1, -0.05) is 0 Å². The molecule has 0 aromatic carbocycles. The first-order valence-corrected chi connectivity index (χ1v) is 8.74. The van der Waals surface area contributed by atoms with Gasteiger partial charge in [0.2, 0.25) is 15.9 Å². The Labute approximate surface area is 135 Å². The maximum absolute atomic E-state index is 13.0. The Morgan fingerprint density at radius 1 is 1.36 bits per heavy atom. The van der Waals surface area contributed by atoms with E-state index in [0.29, 0.717) is 25.9 Å². The molecule has 10 heteroatoms. The van der Waals surface area contributed by atoms with Gasteiger partial charge in [0.05, 0.1) is 18.3 Å². The first-order chi connectivity index (χ1) is 9.73. The summed E-state index contributed by atoms with van der Waals surface area (Å²) in [6.07, 6.45) is 0.532. The van der Waals surface area contributed by atoms with Gasteiger partial charge in [0, 0.05) is 25.6 Å². The number of halogens is 3. The second kappa shape index (κ2) is 7.37. The van der Waals surface area contributed by atoms with Crippen molar-refractivity contribution in [2.45, 2.75) is 44.2 Å². The molecule has 2 aliphatic heterocycles. The SMILES string of the molecule is CCS(=O)(=O)N1CCC(NC(=O)C2CC(F)(F)CN2)CC1.Cl. The molecule has 2 aliphatic rings. The summed E-state index contributed by atoms with van der Waals surface area (Å²) in [7, 11) is -3.20. The highest BCUT2D eigenvalue weighted by atomic mass is 35.5. The third-order valence-electron chi connectivity index (χ3n) is 3.98. The van der Waals surface area contributed by atoms with Gasteiger partial charge in [-0.2, -0.15) is 0 Å². The maximum atomic E-state index is 13.0. The molecule has 130 valence electrons. The summed E-state index contributed by atoms with van der Waals surface area (Å²) >= 11 is 0. The Balaban J connectivity index is 0.00000242. The van der Waals surface area contributed by atoms with Gasteiger partial charge < -0.3 is 5.32 Å². The van der Waals surface area contributed by atoms with Crippen LogP contribution in [-0.2, 0) is 14.8 Å². The van der Waals surface area contributed by atoms with E-state index in [1.54, 1.807) is 6.92 Å². The lowest BCUT2D eigenvalue weighted by molar-refractivity contribution is -0.124. The Morgan fingerprint density at radius 2 is 1.95 bits per heavy atom. The number of nitrogens with one attached hydrogen (secondary N) is 2. The molecule has 0 radical (unpaired) electrons. The van der Waals surface area contributed by atoms with Gasteiger partial charge in [0.15, 0.2) is 0 Å². The quantitative estimate of drug-likeness (QED) is 0.756. The number of alkyl halides is 2. The van der Waals surface area contributed by atoms with Gasteiger partial charge >= 0.3 is 0 Å². The molecular formula is C12H22ClF2N3O3S. The number of rotatable bonds is 4. The molecule has 1 amide bonds. The molecule has 2 saturated heterocycles. The normalized spacial score (nSPS) is 26.4. The van der Waals surface area contributed by atoms with Crippen LogP contribution in [0.2, 0.25) is 0 Å². The molecule has 2 heterocycles. The minimum atomic E-state index is -3.20. The predicted molar refractivity (Wildman–Crippen MR) is 80.8 cm³/mol. The van der Waals surface area contributed by atoms with E-state index in [0.717, 1.165) is 0 Å². The second-order valence-corrected chi connectivity index (χ2v) is 7.83. The Kier molecular flexibility index (Phi) is 6.55. The van der Waals surface area contributed by atoms with Crippen molar-refractivity contribution >= 4 is 28.3 Å². The van der Waals surface area contributed by atoms with Crippen molar-refractivity contribution in [1.82, 2.24) is 14.9 Å². The van der Waals surface area contributed by atoms with E-state index < -0.39 is 40.9 Å². The highest BCUT2D eigenvalue weighted by Gasteiger charge is 2.42. The molecule has 0 spiro atoms. The van der Waals surface area contributed by atoms with Crippen molar-refractivity contribution in [2.75, 3.05) is 25.4 Å². The Bertz CT molecular complexity index is 496. The molecule has 2 N–H and O–H groups in total. The number of carbonyl (C=O) groups is 1. The third kappa shape index (κ3) is 4.74. The van der Waals surface area contributed by atoms with Gasteiger partial charge in [-0.25, -0.2) is 21.5 Å². The van der Waals surface area contributed by atoms with Crippen LogP contribution in [0.1, 0.15) is 26.2 Å². The zero-order valence-corrected chi connectivity index (χ0v) is 14.0. The molecule has 0 aromatic rings. The van der Waals surface area contributed by atoms with E-state index in [2.05, 4.69) is 10.6 Å². The average Bonchev–Trinajstić information content (AvgIpc) is 2.80. The summed E-state index contributed by atoms with van der Waals surface area (Å²) in [6, 6.07) is -1.02. The lowest BCUT2D eigenvalue weighted by Crippen LogP contribution is -2.50. The van der Waals surface area contributed by atoms with Crippen LogP contribution >= 0.6 is 12.4 Å². The van der Waals surface area contributed by atoms with Crippen molar-refractivity contribution in [3.8, 4) is 0 Å². The fourth-order valence-corrected chi connectivity index (χ4v) is 3.80. The summed E-state index contributed by atoms with van der Waals surface area (Å²) in [5.74, 6) is -3.20. The van der Waals surface area contributed by atoms with Crippen LogP contribution in [0, 0.1) is 0 Å². The van der Waals surface area contributed by atoms with E-state index >= 15 is 0 Å². The summed E-state index contributed by atoms with van der Waals surface area (Å²) < 4.78 is 50.9. The first-order valence-electron chi connectivity index (χ1n) is 7.13. The van der Waals surface area contributed by atoms with Crippen LogP contribution < -0.4 is 10.6 Å². The van der Waals surface area contributed by atoms with Gasteiger partial charge in [-0.15, -0.1) is 12.4 Å². The van der Waals surface area contributed by atoms with Crippen LogP contribution in [-0.4, -0.2) is 62.0 Å². The lowest BCUT2D eigenvalue weighted by Gasteiger charge is -2.31. The number of sulfonamides is 1. The molecule has 0 saturated carbocycles. The molecule has 22 heavy (non-hydrogen) atoms. The number of piperidine rings is 1. The van der Waals surface area contributed by atoms with E-state index in [-0.39, 0.29) is 24.2 Å². The van der Waals surface area contributed by atoms with E-state index in [1.807, 2.05) is 0 Å². The molecule has 1 unspecified atom stereocenters. The van der Waals surface area contributed by atoms with Gasteiger partial charge in [-0.05, 0) is 19.8 Å². The lowest BCUT2D eigenvalue weighted by atomic mass is 10.1. The Hall–Kier alpha value is -0.510. The van der Waals surface area contributed by atoms with Gasteiger partial charge in [0.1, 0.15) is 0 Å². The van der Waals surface area contributed by atoms with Crippen LogP contribution in [0.15, 0.2) is 0 Å². The number of nitrogens with zero attached hydrogens (tertiary/aromatic N) is 1. The second-order valence-electron chi connectivity index (χ2n) is 5.58. The minimum Gasteiger partial charge on any atom is -0.352 e. The zero-order valence-electron chi connectivity index (χ0n) is 12.3. The molecule has 2 fully saturated rings. The largest absolute Gasteiger partial charge is 0.352 e. The van der Waals surface area contributed by atoms with Crippen LogP contribution in [0.25, 0.3) is 0 Å². The van der Waals surface area contributed by atoms with E-state index in [4.69, 9.17) is 0 Å². The van der Waals surface area contributed by atoms with Crippen molar-refractivity contribution in [2.24, 2.45) is 0 Å². The molecule has 1 atom stereocenters. The van der Waals surface area contributed by atoms with Crippen molar-refractivity contribution in [3.63, 3.8) is 0 Å².